The summed E-state index contributed by atoms with van der Waals surface area (Å²) in [6, 6.07) is 5.25. The van der Waals surface area contributed by atoms with Crippen molar-refractivity contribution in [2.75, 3.05) is 17.2 Å². The van der Waals surface area contributed by atoms with E-state index in [9.17, 15) is 13.2 Å². The predicted octanol–water partition coefficient (Wildman–Crippen LogP) is 2.62. The Bertz CT molecular complexity index is 1270. The maximum Gasteiger partial charge on any atom is 0.251 e. The van der Waals surface area contributed by atoms with Gasteiger partial charge in [0.05, 0.1) is 17.2 Å². The predicted molar refractivity (Wildman–Crippen MR) is 115 cm³/mol. The van der Waals surface area contributed by atoms with Gasteiger partial charge in [-0.25, -0.2) is 13.4 Å². The number of amides is 1. The van der Waals surface area contributed by atoms with Gasteiger partial charge in [-0.05, 0) is 42.0 Å². The van der Waals surface area contributed by atoms with Gasteiger partial charge in [-0.3, -0.25) is 4.79 Å². The van der Waals surface area contributed by atoms with Crippen molar-refractivity contribution in [3.8, 4) is 11.4 Å². The van der Waals surface area contributed by atoms with Gasteiger partial charge in [0.15, 0.2) is 15.0 Å². The molecule has 3 aromatic rings. The first kappa shape index (κ1) is 18.6. The van der Waals surface area contributed by atoms with E-state index < -0.39 is 9.84 Å². The summed E-state index contributed by atoms with van der Waals surface area (Å²) < 4.78 is 23.3. The molecule has 0 spiro atoms. The number of anilines is 1. The van der Waals surface area contributed by atoms with Crippen molar-refractivity contribution in [2.45, 2.75) is 38.1 Å². The number of hydrogen-bond acceptors (Lipinski definition) is 6. The van der Waals surface area contributed by atoms with Gasteiger partial charge in [-0.15, -0.1) is 11.3 Å². The second-order valence-electron chi connectivity index (χ2n) is 8.59. The molecule has 2 aromatic heterocycles. The number of carbonyl (C=O) groups is 1. The van der Waals surface area contributed by atoms with Crippen LogP contribution in [-0.4, -0.2) is 41.8 Å². The normalized spacial score (nSPS) is 21.7. The first-order valence-electron chi connectivity index (χ1n) is 9.56. The van der Waals surface area contributed by atoms with Crippen molar-refractivity contribution in [1.82, 2.24) is 15.3 Å². The van der Waals surface area contributed by atoms with E-state index in [0.717, 1.165) is 34.3 Å². The average Bonchev–Trinajstić information content (AvgIpc) is 3.28. The highest BCUT2D eigenvalue weighted by Gasteiger charge is 2.37. The molecule has 1 aliphatic heterocycles. The molecular weight excluding hydrogens is 408 g/mol. The molecule has 0 bridgehead atoms. The minimum Gasteiger partial charge on any atom is -0.375 e. The molecule has 0 saturated carbocycles. The van der Waals surface area contributed by atoms with E-state index in [2.05, 4.69) is 29.1 Å². The third-order valence-corrected chi connectivity index (χ3v) is 8.51. The Morgan fingerprint density at radius 2 is 2.17 bits per heavy atom. The van der Waals surface area contributed by atoms with Crippen LogP contribution in [0.15, 0.2) is 18.2 Å². The number of nitrogens with zero attached hydrogens (tertiary/aromatic N) is 1. The molecule has 152 valence electrons. The number of nitrogens with two attached hydrogens (primary N) is 1. The number of carbonyl (C=O) groups excluding carboxylic acids is 1. The molecule has 1 amide bonds. The van der Waals surface area contributed by atoms with E-state index in [-0.39, 0.29) is 28.9 Å². The molecule has 1 unspecified atom stereocenters. The number of nitrogen functional groups attached to an aromatic ring is 1. The molecule has 1 aliphatic carbocycles. The number of rotatable bonds is 2. The Morgan fingerprint density at radius 1 is 1.38 bits per heavy atom. The molecule has 2 aliphatic rings. The largest absolute Gasteiger partial charge is 0.375 e. The second kappa shape index (κ2) is 6.06. The van der Waals surface area contributed by atoms with Gasteiger partial charge in [0.1, 0.15) is 5.69 Å². The number of hydrogen-bond donors (Lipinski definition) is 3. The summed E-state index contributed by atoms with van der Waals surface area (Å²) in [6.07, 6.45) is 1.31. The van der Waals surface area contributed by atoms with Gasteiger partial charge in [-0.2, -0.15) is 0 Å². The molecule has 7 nitrogen and oxygen atoms in total. The van der Waals surface area contributed by atoms with Crippen molar-refractivity contribution in [3.05, 3.63) is 34.2 Å². The SMILES string of the molecule is CC1(C)Cc2sc(N)nc2-c2[nH]c3ccc(C(=O)NC4CCS(=O)(=O)C4)cc3c21. The van der Waals surface area contributed by atoms with Gasteiger partial charge in [0, 0.05) is 27.4 Å². The first-order valence-corrected chi connectivity index (χ1v) is 12.2. The van der Waals surface area contributed by atoms with Gasteiger partial charge in [0.2, 0.25) is 0 Å². The van der Waals surface area contributed by atoms with Crippen LogP contribution in [-0.2, 0) is 21.7 Å². The van der Waals surface area contributed by atoms with E-state index in [1.807, 2.05) is 12.1 Å². The molecule has 3 heterocycles. The molecule has 9 heteroatoms. The van der Waals surface area contributed by atoms with Crippen molar-refractivity contribution >= 4 is 43.1 Å². The van der Waals surface area contributed by atoms with E-state index in [0.29, 0.717) is 17.1 Å². The standard InChI is InChI=1S/C20H22N4O3S2/c1-20(2)8-14-16(24-19(21)28-14)17-15(20)12-7-10(3-4-13(12)23-17)18(25)22-11-5-6-29(26,27)9-11/h3-4,7,11,23H,5-6,8-9H2,1-2H3,(H2,21,24)(H,22,25). The third-order valence-electron chi connectivity index (χ3n) is 5.86. The minimum absolute atomic E-state index is 0.0155. The average molecular weight is 431 g/mol. The highest BCUT2D eigenvalue weighted by molar-refractivity contribution is 7.91. The number of aromatic nitrogens is 2. The van der Waals surface area contributed by atoms with Gasteiger partial charge >= 0.3 is 0 Å². The zero-order valence-corrected chi connectivity index (χ0v) is 17.8. The summed E-state index contributed by atoms with van der Waals surface area (Å²) >= 11 is 1.53. The lowest BCUT2D eigenvalue weighted by Gasteiger charge is -2.29. The smallest absolute Gasteiger partial charge is 0.251 e. The molecule has 29 heavy (non-hydrogen) atoms. The van der Waals surface area contributed by atoms with Crippen LogP contribution >= 0.6 is 11.3 Å². The van der Waals surface area contributed by atoms with E-state index in [4.69, 9.17) is 5.73 Å². The maximum atomic E-state index is 12.8. The van der Waals surface area contributed by atoms with Crippen molar-refractivity contribution in [2.24, 2.45) is 0 Å². The van der Waals surface area contributed by atoms with Crippen molar-refractivity contribution < 1.29 is 13.2 Å². The van der Waals surface area contributed by atoms with E-state index >= 15 is 0 Å². The Balaban J connectivity index is 1.56. The quantitative estimate of drug-likeness (QED) is 0.578. The van der Waals surface area contributed by atoms with Crippen molar-refractivity contribution in [1.29, 1.82) is 0 Å². The summed E-state index contributed by atoms with van der Waals surface area (Å²) in [7, 11) is -3.04. The number of H-pyrrole nitrogens is 1. The maximum absolute atomic E-state index is 12.8. The van der Waals surface area contributed by atoms with Crippen LogP contribution in [0.3, 0.4) is 0 Å². The monoisotopic (exact) mass is 430 g/mol. The lowest BCUT2D eigenvalue weighted by molar-refractivity contribution is 0.0941. The Hall–Kier alpha value is -2.39. The summed E-state index contributed by atoms with van der Waals surface area (Å²) in [5.41, 5.74) is 10.3. The van der Waals surface area contributed by atoms with Crippen LogP contribution in [0.5, 0.6) is 0 Å². The molecule has 0 radical (unpaired) electrons. The lowest BCUT2D eigenvalue weighted by Crippen LogP contribution is -2.35. The fourth-order valence-electron chi connectivity index (χ4n) is 4.57. The highest BCUT2D eigenvalue weighted by Crippen LogP contribution is 2.48. The molecule has 1 aromatic carbocycles. The van der Waals surface area contributed by atoms with E-state index in [1.165, 1.54) is 16.2 Å². The van der Waals surface area contributed by atoms with Crippen LogP contribution in [0.25, 0.3) is 22.3 Å². The number of thiazole rings is 1. The summed E-state index contributed by atoms with van der Waals surface area (Å²) in [5, 5.41) is 4.43. The molecule has 4 N–H and O–H groups in total. The minimum atomic E-state index is -3.04. The molecule has 1 saturated heterocycles. The van der Waals surface area contributed by atoms with Crippen molar-refractivity contribution in [3.63, 3.8) is 0 Å². The first-order chi connectivity index (χ1) is 13.6. The Kier molecular flexibility index (Phi) is 3.89. The van der Waals surface area contributed by atoms with Crippen LogP contribution in [0.2, 0.25) is 0 Å². The lowest BCUT2D eigenvalue weighted by atomic mass is 9.75. The van der Waals surface area contributed by atoms with Crippen LogP contribution in [0.4, 0.5) is 5.13 Å². The van der Waals surface area contributed by atoms with Gasteiger partial charge in [-0.1, -0.05) is 13.8 Å². The summed E-state index contributed by atoms with van der Waals surface area (Å²) in [6.45, 7) is 4.38. The van der Waals surface area contributed by atoms with Gasteiger partial charge in [0.25, 0.3) is 5.91 Å². The summed E-state index contributed by atoms with van der Waals surface area (Å²) in [5.74, 6) is -0.0897. The fourth-order valence-corrected chi connectivity index (χ4v) is 7.31. The van der Waals surface area contributed by atoms with Gasteiger partial charge < -0.3 is 16.0 Å². The van der Waals surface area contributed by atoms with Crippen LogP contribution < -0.4 is 11.1 Å². The third kappa shape index (κ3) is 3.03. The number of nitrogens with one attached hydrogen (secondary N) is 2. The number of benzene rings is 1. The fraction of sp³-hybridized carbons (Fsp3) is 0.400. The molecule has 5 rings (SSSR count). The highest BCUT2D eigenvalue weighted by atomic mass is 32.2. The zero-order valence-electron chi connectivity index (χ0n) is 16.2. The molecule has 1 atom stereocenters. The second-order valence-corrected chi connectivity index (χ2v) is 11.9. The topological polar surface area (TPSA) is 118 Å². The Morgan fingerprint density at radius 3 is 2.90 bits per heavy atom. The summed E-state index contributed by atoms with van der Waals surface area (Å²) in [4.78, 5) is 21.9. The van der Waals surface area contributed by atoms with Crippen LogP contribution in [0, 0.1) is 0 Å². The molecular formula is C20H22N4O3S2. The number of aromatic amines is 1. The van der Waals surface area contributed by atoms with Crippen LogP contribution in [0.1, 0.15) is 41.1 Å². The Labute approximate surface area is 172 Å². The zero-order chi connectivity index (χ0) is 20.6. The number of sulfone groups is 1. The molecule has 1 fully saturated rings. The number of fused-ring (bicyclic) bond motifs is 5. The van der Waals surface area contributed by atoms with E-state index in [1.54, 1.807) is 6.07 Å².